The van der Waals surface area contributed by atoms with E-state index in [4.69, 9.17) is 4.84 Å². The number of nitrogens with one attached hydrogen (secondary N) is 1. The second kappa shape index (κ2) is 6.86. The highest BCUT2D eigenvalue weighted by Crippen LogP contribution is 2.17. The fraction of sp³-hybridized carbons (Fsp3) is 0.200. The summed E-state index contributed by atoms with van der Waals surface area (Å²) in [5.41, 5.74) is 3.00. The van der Waals surface area contributed by atoms with Crippen LogP contribution < -0.4 is 5.32 Å². The van der Waals surface area contributed by atoms with Crippen LogP contribution in [0.4, 0.5) is 5.69 Å². The lowest BCUT2D eigenvalue weighted by molar-refractivity contribution is -0.120. The largest absolute Gasteiger partial charge is 0.386 e. The minimum atomic E-state index is -0.220. The van der Waals surface area contributed by atoms with E-state index in [0.717, 1.165) is 21.7 Å². The van der Waals surface area contributed by atoms with Crippen LogP contribution in [0.5, 0.6) is 0 Å². The number of amides is 1. The molecular weight excluding hydrogens is 272 g/mol. The zero-order chi connectivity index (χ0) is 14.4. The third-order valence-electron chi connectivity index (χ3n) is 2.87. The van der Waals surface area contributed by atoms with Gasteiger partial charge in [0.25, 0.3) is 5.91 Å². The fourth-order valence-electron chi connectivity index (χ4n) is 1.62. The average Bonchev–Trinajstić information content (AvgIpc) is 2.93. The second-order valence-electron chi connectivity index (χ2n) is 4.32. The summed E-state index contributed by atoms with van der Waals surface area (Å²) in [5, 5.41) is 8.52. The maximum atomic E-state index is 11.7. The van der Waals surface area contributed by atoms with Gasteiger partial charge in [-0.25, -0.2) is 0 Å². The van der Waals surface area contributed by atoms with Gasteiger partial charge in [0.2, 0.25) is 0 Å². The lowest BCUT2D eigenvalue weighted by atomic mass is 10.1. The Labute approximate surface area is 122 Å². The van der Waals surface area contributed by atoms with Crippen molar-refractivity contribution in [3.63, 3.8) is 0 Å². The third kappa shape index (κ3) is 3.93. The topological polar surface area (TPSA) is 50.7 Å². The van der Waals surface area contributed by atoms with Gasteiger partial charge in [0.05, 0.1) is 6.21 Å². The summed E-state index contributed by atoms with van der Waals surface area (Å²) in [6.07, 6.45) is 1.59. The molecule has 0 spiro atoms. The average molecular weight is 288 g/mol. The smallest absolute Gasteiger partial charge is 0.265 e. The van der Waals surface area contributed by atoms with E-state index in [1.54, 1.807) is 17.6 Å². The van der Waals surface area contributed by atoms with Crippen molar-refractivity contribution >= 4 is 29.1 Å². The van der Waals surface area contributed by atoms with Crippen LogP contribution in [0.2, 0.25) is 0 Å². The number of carbonyl (C=O) groups excluding carboxylic acids is 1. The van der Waals surface area contributed by atoms with Gasteiger partial charge in [-0.3, -0.25) is 4.79 Å². The number of carbonyl (C=O) groups is 1. The molecular formula is C15H16N2O2S. The molecule has 0 aliphatic carbocycles. The molecule has 0 aliphatic rings. The van der Waals surface area contributed by atoms with E-state index in [2.05, 4.69) is 10.5 Å². The molecule has 1 heterocycles. The molecule has 20 heavy (non-hydrogen) atoms. The predicted octanol–water partition coefficient (Wildman–Crippen LogP) is 3.35. The maximum absolute atomic E-state index is 11.7. The Hall–Kier alpha value is -2.14. The second-order valence-corrected chi connectivity index (χ2v) is 5.30. The summed E-state index contributed by atoms with van der Waals surface area (Å²) < 4.78 is 0. The van der Waals surface area contributed by atoms with Gasteiger partial charge < -0.3 is 10.2 Å². The number of hydrogen-bond donors (Lipinski definition) is 1. The number of thiophene rings is 1. The van der Waals surface area contributed by atoms with Crippen molar-refractivity contribution < 1.29 is 9.63 Å². The van der Waals surface area contributed by atoms with E-state index >= 15 is 0 Å². The molecule has 0 saturated carbocycles. The molecule has 5 heteroatoms. The number of benzene rings is 1. The van der Waals surface area contributed by atoms with Crippen molar-refractivity contribution in [2.24, 2.45) is 5.16 Å². The van der Waals surface area contributed by atoms with Gasteiger partial charge in [-0.1, -0.05) is 23.4 Å². The molecule has 1 aromatic heterocycles. The van der Waals surface area contributed by atoms with Gasteiger partial charge in [-0.2, -0.15) is 0 Å². The molecule has 1 amide bonds. The van der Waals surface area contributed by atoms with Gasteiger partial charge in [0.15, 0.2) is 6.61 Å². The fourth-order valence-corrected chi connectivity index (χ4v) is 2.20. The first kappa shape index (κ1) is 14.3. The van der Waals surface area contributed by atoms with Crippen molar-refractivity contribution in [3.05, 3.63) is 51.7 Å². The summed E-state index contributed by atoms with van der Waals surface area (Å²) >= 11 is 1.56. The SMILES string of the molecule is Cc1cccc(NC(=O)CO/N=C/c2cccs2)c1C. The standard InChI is InChI=1S/C15H16N2O2S/c1-11-5-3-7-14(12(11)2)17-15(18)10-19-16-9-13-6-4-8-20-13/h3-9H,10H2,1-2H3,(H,17,18)/b16-9+. The minimum Gasteiger partial charge on any atom is -0.386 e. The number of aryl methyl sites for hydroxylation is 1. The summed E-state index contributed by atoms with van der Waals surface area (Å²) in [6.45, 7) is 3.88. The highest BCUT2D eigenvalue weighted by Gasteiger charge is 2.06. The molecule has 0 unspecified atom stereocenters. The Kier molecular flexibility index (Phi) is 4.90. The summed E-state index contributed by atoms with van der Waals surface area (Å²) in [6, 6.07) is 9.64. The molecule has 1 aromatic carbocycles. The van der Waals surface area contributed by atoms with Crippen molar-refractivity contribution in [1.29, 1.82) is 0 Å². The molecule has 0 atom stereocenters. The van der Waals surface area contributed by atoms with E-state index in [1.165, 1.54) is 0 Å². The number of hydrogen-bond acceptors (Lipinski definition) is 4. The van der Waals surface area contributed by atoms with Crippen molar-refractivity contribution in [2.45, 2.75) is 13.8 Å². The Bertz CT molecular complexity index is 606. The lowest BCUT2D eigenvalue weighted by Gasteiger charge is -2.09. The number of anilines is 1. The summed E-state index contributed by atoms with van der Waals surface area (Å²) in [5.74, 6) is -0.220. The Morgan fingerprint density at radius 3 is 2.95 bits per heavy atom. The van der Waals surface area contributed by atoms with E-state index in [-0.39, 0.29) is 12.5 Å². The molecule has 0 fully saturated rings. The molecule has 4 nitrogen and oxygen atoms in total. The van der Waals surface area contributed by atoms with Crippen LogP contribution in [0, 0.1) is 13.8 Å². The van der Waals surface area contributed by atoms with Gasteiger partial charge >= 0.3 is 0 Å². The van der Waals surface area contributed by atoms with Crippen molar-refractivity contribution in [3.8, 4) is 0 Å². The highest BCUT2D eigenvalue weighted by molar-refractivity contribution is 7.11. The zero-order valence-corrected chi connectivity index (χ0v) is 12.2. The number of oxime groups is 1. The first-order valence-corrected chi connectivity index (χ1v) is 7.09. The predicted molar refractivity (Wildman–Crippen MR) is 82.4 cm³/mol. The molecule has 2 rings (SSSR count). The normalized spacial score (nSPS) is 10.7. The van der Waals surface area contributed by atoms with E-state index in [0.29, 0.717) is 0 Å². The van der Waals surface area contributed by atoms with Crippen LogP contribution in [0.1, 0.15) is 16.0 Å². The number of nitrogens with zero attached hydrogens (tertiary/aromatic N) is 1. The summed E-state index contributed by atoms with van der Waals surface area (Å²) in [4.78, 5) is 17.7. The Balaban J connectivity index is 1.82. The van der Waals surface area contributed by atoms with Gasteiger partial charge in [0, 0.05) is 10.6 Å². The first-order valence-electron chi connectivity index (χ1n) is 6.21. The summed E-state index contributed by atoms with van der Waals surface area (Å²) in [7, 11) is 0. The van der Waals surface area contributed by atoms with Gasteiger partial charge in [-0.15, -0.1) is 11.3 Å². The molecule has 1 N–H and O–H groups in total. The van der Waals surface area contributed by atoms with Crippen LogP contribution in [0.15, 0.2) is 40.9 Å². The molecule has 0 radical (unpaired) electrons. The number of rotatable bonds is 5. The highest BCUT2D eigenvalue weighted by atomic mass is 32.1. The van der Waals surface area contributed by atoms with E-state index < -0.39 is 0 Å². The third-order valence-corrected chi connectivity index (χ3v) is 3.68. The van der Waals surface area contributed by atoms with Crippen LogP contribution in [-0.2, 0) is 9.63 Å². The first-order chi connectivity index (χ1) is 9.66. The van der Waals surface area contributed by atoms with Gasteiger partial charge in [0.1, 0.15) is 0 Å². The Morgan fingerprint density at radius 2 is 2.20 bits per heavy atom. The Morgan fingerprint density at radius 1 is 1.35 bits per heavy atom. The van der Waals surface area contributed by atoms with Crippen LogP contribution in [-0.4, -0.2) is 18.7 Å². The molecule has 0 saturated heterocycles. The maximum Gasteiger partial charge on any atom is 0.265 e. The molecule has 2 aromatic rings. The minimum absolute atomic E-state index is 0.102. The monoisotopic (exact) mass is 288 g/mol. The molecule has 0 aliphatic heterocycles. The van der Waals surface area contributed by atoms with Crippen LogP contribution >= 0.6 is 11.3 Å². The molecule has 104 valence electrons. The van der Waals surface area contributed by atoms with E-state index in [9.17, 15) is 4.79 Å². The van der Waals surface area contributed by atoms with E-state index in [1.807, 2.05) is 49.6 Å². The van der Waals surface area contributed by atoms with Crippen molar-refractivity contribution in [2.75, 3.05) is 11.9 Å². The van der Waals surface area contributed by atoms with Crippen LogP contribution in [0.3, 0.4) is 0 Å². The van der Waals surface area contributed by atoms with Crippen LogP contribution in [0.25, 0.3) is 0 Å². The quantitative estimate of drug-likeness (QED) is 0.677. The lowest BCUT2D eigenvalue weighted by Crippen LogP contribution is -2.17. The molecule has 0 bridgehead atoms. The van der Waals surface area contributed by atoms with Crippen molar-refractivity contribution in [1.82, 2.24) is 0 Å². The van der Waals surface area contributed by atoms with Gasteiger partial charge in [-0.05, 0) is 42.5 Å². The zero-order valence-electron chi connectivity index (χ0n) is 11.4.